The van der Waals surface area contributed by atoms with E-state index < -0.39 is 5.54 Å². The third-order valence-corrected chi connectivity index (χ3v) is 5.24. The number of ether oxygens (including phenoxy) is 1. The van der Waals surface area contributed by atoms with Crippen LogP contribution in [0.3, 0.4) is 0 Å². The average Bonchev–Trinajstić information content (AvgIpc) is 3.18. The molecule has 7 heteroatoms. The van der Waals surface area contributed by atoms with E-state index in [-0.39, 0.29) is 11.8 Å². The fourth-order valence-corrected chi connectivity index (χ4v) is 4.12. The van der Waals surface area contributed by atoms with Gasteiger partial charge in [0.25, 0.3) is 5.91 Å². The van der Waals surface area contributed by atoms with E-state index in [1.54, 1.807) is 22.9 Å². The number of amides is 2. The molecular formula is C15H21N3O3S. The third-order valence-electron chi connectivity index (χ3n) is 4.65. The molecule has 0 N–H and O–H groups in total. The maximum Gasteiger partial charge on any atom is 0.274 e. The number of rotatable bonds is 4. The molecule has 0 aromatic carbocycles. The smallest absolute Gasteiger partial charge is 0.274 e. The summed E-state index contributed by atoms with van der Waals surface area (Å²) in [6.07, 6.45) is 3.31. The highest BCUT2D eigenvalue weighted by atomic mass is 32.1. The van der Waals surface area contributed by atoms with Crippen molar-refractivity contribution in [3.8, 4) is 0 Å². The zero-order valence-electron chi connectivity index (χ0n) is 12.8. The number of thiazole rings is 1. The number of hydrogen-bond donors (Lipinski definition) is 0. The highest BCUT2D eigenvalue weighted by Gasteiger charge is 2.52. The molecule has 0 aliphatic carbocycles. The SMILES string of the molecule is COCCN1CCCC2(CCCN2C(=O)c2cscn2)C1=O. The minimum absolute atomic E-state index is 0.0804. The van der Waals surface area contributed by atoms with Gasteiger partial charge in [-0.2, -0.15) is 0 Å². The van der Waals surface area contributed by atoms with E-state index in [9.17, 15) is 9.59 Å². The van der Waals surface area contributed by atoms with Crippen molar-refractivity contribution >= 4 is 23.2 Å². The van der Waals surface area contributed by atoms with Crippen molar-refractivity contribution in [1.82, 2.24) is 14.8 Å². The lowest BCUT2D eigenvalue weighted by atomic mass is 9.85. The van der Waals surface area contributed by atoms with E-state index in [2.05, 4.69) is 4.98 Å². The summed E-state index contributed by atoms with van der Waals surface area (Å²) in [5.41, 5.74) is 1.45. The summed E-state index contributed by atoms with van der Waals surface area (Å²) >= 11 is 1.40. The molecule has 0 bridgehead atoms. The Morgan fingerprint density at radius 2 is 2.18 bits per heavy atom. The van der Waals surface area contributed by atoms with Crippen LogP contribution in [0.5, 0.6) is 0 Å². The van der Waals surface area contributed by atoms with Crippen LogP contribution < -0.4 is 0 Å². The summed E-state index contributed by atoms with van der Waals surface area (Å²) in [6.45, 7) is 2.51. The van der Waals surface area contributed by atoms with Gasteiger partial charge in [-0.05, 0) is 25.7 Å². The largest absolute Gasteiger partial charge is 0.383 e. The summed E-state index contributed by atoms with van der Waals surface area (Å²) < 4.78 is 5.09. The molecule has 1 spiro atoms. The Hall–Kier alpha value is -1.47. The number of nitrogens with zero attached hydrogens (tertiary/aromatic N) is 3. The van der Waals surface area contributed by atoms with Gasteiger partial charge >= 0.3 is 0 Å². The first kappa shape index (κ1) is 15.4. The van der Waals surface area contributed by atoms with Crippen molar-refractivity contribution in [3.05, 3.63) is 16.6 Å². The zero-order valence-corrected chi connectivity index (χ0v) is 13.6. The molecule has 3 rings (SSSR count). The Bertz CT molecular complexity index is 548. The number of carbonyl (C=O) groups excluding carboxylic acids is 2. The van der Waals surface area contributed by atoms with E-state index in [1.165, 1.54) is 11.3 Å². The van der Waals surface area contributed by atoms with Crippen LogP contribution in [0.15, 0.2) is 10.9 Å². The van der Waals surface area contributed by atoms with E-state index in [0.29, 0.717) is 25.4 Å². The Morgan fingerprint density at radius 1 is 1.41 bits per heavy atom. The van der Waals surface area contributed by atoms with Gasteiger partial charge in [-0.25, -0.2) is 4.98 Å². The summed E-state index contributed by atoms with van der Waals surface area (Å²) in [5.74, 6) is -0.0300. The second kappa shape index (κ2) is 6.34. The van der Waals surface area contributed by atoms with Crippen molar-refractivity contribution in [3.63, 3.8) is 0 Å². The first-order chi connectivity index (χ1) is 10.7. The molecule has 2 fully saturated rings. The molecule has 1 unspecified atom stereocenters. The van der Waals surface area contributed by atoms with Gasteiger partial charge in [-0.15, -0.1) is 11.3 Å². The highest BCUT2D eigenvalue weighted by molar-refractivity contribution is 7.07. The lowest BCUT2D eigenvalue weighted by molar-refractivity contribution is -0.146. The Kier molecular flexibility index (Phi) is 4.44. The second-order valence-corrected chi connectivity index (χ2v) is 6.57. The molecule has 2 aliphatic heterocycles. The fourth-order valence-electron chi connectivity index (χ4n) is 3.59. The molecule has 6 nitrogen and oxygen atoms in total. The fraction of sp³-hybridized carbons (Fsp3) is 0.667. The van der Waals surface area contributed by atoms with Gasteiger partial charge in [-0.1, -0.05) is 0 Å². The molecule has 2 saturated heterocycles. The molecule has 2 amide bonds. The van der Waals surface area contributed by atoms with Gasteiger partial charge in [0.15, 0.2) is 0 Å². The van der Waals surface area contributed by atoms with Crippen LogP contribution in [0.25, 0.3) is 0 Å². The number of piperidine rings is 1. The third kappa shape index (κ3) is 2.52. The van der Waals surface area contributed by atoms with Gasteiger partial charge in [0.2, 0.25) is 5.91 Å². The maximum atomic E-state index is 13.0. The Labute approximate surface area is 134 Å². The normalized spacial score (nSPS) is 25.2. The predicted molar refractivity (Wildman–Crippen MR) is 82.8 cm³/mol. The number of hydrogen-bond acceptors (Lipinski definition) is 5. The van der Waals surface area contributed by atoms with Crippen molar-refractivity contribution in [2.45, 2.75) is 31.2 Å². The number of methoxy groups -OCH3 is 1. The molecule has 120 valence electrons. The highest BCUT2D eigenvalue weighted by Crippen LogP contribution is 2.39. The number of carbonyl (C=O) groups is 2. The van der Waals surface area contributed by atoms with Crippen LogP contribution in [-0.2, 0) is 9.53 Å². The number of aromatic nitrogens is 1. The Morgan fingerprint density at radius 3 is 2.86 bits per heavy atom. The van der Waals surface area contributed by atoms with Crippen LogP contribution >= 0.6 is 11.3 Å². The predicted octanol–water partition coefficient (Wildman–Crippen LogP) is 1.39. The van der Waals surface area contributed by atoms with Crippen LogP contribution in [0.4, 0.5) is 0 Å². The Balaban J connectivity index is 1.83. The minimum Gasteiger partial charge on any atom is -0.383 e. The average molecular weight is 323 g/mol. The van der Waals surface area contributed by atoms with Gasteiger partial charge in [0.1, 0.15) is 11.2 Å². The molecule has 1 aromatic rings. The van der Waals surface area contributed by atoms with E-state index in [1.807, 2.05) is 4.90 Å². The molecule has 1 atom stereocenters. The molecule has 2 aliphatic rings. The van der Waals surface area contributed by atoms with Crippen molar-refractivity contribution < 1.29 is 14.3 Å². The summed E-state index contributed by atoms with van der Waals surface area (Å²) in [4.78, 5) is 33.4. The molecule has 22 heavy (non-hydrogen) atoms. The summed E-state index contributed by atoms with van der Waals surface area (Å²) in [5, 5.41) is 1.75. The molecule has 1 aromatic heterocycles. The first-order valence-electron chi connectivity index (χ1n) is 7.67. The van der Waals surface area contributed by atoms with E-state index in [0.717, 1.165) is 32.2 Å². The first-order valence-corrected chi connectivity index (χ1v) is 8.62. The van der Waals surface area contributed by atoms with Crippen LogP contribution in [-0.4, -0.2) is 65.5 Å². The standard InChI is InChI=1S/C15H21N3O3S/c1-21-9-8-17-6-2-4-15(14(17)20)5-3-7-18(15)13(19)12-10-22-11-16-12/h10-11H,2-9H2,1H3. The zero-order chi connectivity index (χ0) is 15.6. The van der Waals surface area contributed by atoms with Gasteiger partial charge in [0.05, 0.1) is 12.1 Å². The van der Waals surface area contributed by atoms with Crippen LogP contribution in [0, 0.1) is 0 Å². The van der Waals surface area contributed by atoms with Gasteiger partial charge < -0.3 is 14.5 Å². The van der Waals surface area contributed by atoms with Crippen molar-refractivity contribution in [2.24, 2.45) is 0 Å². The molecule has 0 radical (unpaired) electrons. The monoisotopic (exact) mass is 323 g/mol. The second-order valence-electron chi connectivity index (χ2n) is 5.85. The minimum atomic E-state index is -0.660. The quantitative estimate of drug-likeness (QED) is 0.840. The van der Waals surface area contributed by atoms with Crippen LogP contribution in [0.2, 0.25) is 0 Å². The van der Waals surface area contributed by atoms with Crippen LogP contribution in [0.1, 0.15) is 36.2 Å². The molecule has 3 heterocycles. The number of likely N-dealkylation sites (tertiary alicyclic amines) is 2. The van der Waals surface area contributed by atoms with Gasteiger partial charge in [0, 0.05) is 32.1 Å². The summed E-state index contributed by atoms with van der Waals surface area (Å²) in [7, 11) is 1.64. The van der Waals surface area contributed by atoms with E-state index in [4.69, 9.17) is 4.74 Å². The van der Waals surface area contributed by atoms with Gasteiger partial charge in [-0.3, -0.25) is 9.59 Å². The lowest BCUT2D eigenvalue weighted by Crippen LogP contribution is -2.61. The lowest BCUT2D eigenvalue weighted by Gasteiger charge is -2.44. The maximum absolute atomic E-state index is 13.0. The molecule has 0 saturated carbocycles. The topological polar surface area (TPSA) is 62.7 Å². The van der Waals surface area contributed by atoms with Crippen molar-refractivity contribution in [1.29, 1.82) is 0 Å². The van der Waals surface area contributed by atoms with E-state index >= 15 is 0 Å². The van der Waals surface area contributed by atoms with Crippen molar-refractivity contribution in [2.75, 3.05) is 33.4 Å². The summed E-state index contributed by atoms with van der Waals surface area (Å²) in [6, 6.07) is 0. The molecular weight excluding hydrogens is 302 g/mol.